The van der Waals surface area contributed by atoms with Gasteiger partial charge in [0.25, 0.3) is 5.91 Å². The van der Waals surface area contributed by atoms with E-state index in [1.807, 2.05) is 30.3 Å². The first-order valence-electron chi connectivity index (χ1n) is 6.41. The molecule has 104 valence electrons. The summed E-state index contributed by atoms with van der Waals surface area (Å²) < 4.78 is 0. The summed E-state index contributed by atoms with van der Waals surface area (Å²) in [7, 11) is 0. The second-order valence-electron chi connectivity index (χ2n) is 4.88. The Morgan fingerprint density at radius 1 is 1.20 bits per heavy atom. The van der Waals surface area contributed by atoms with Crippen molar-refractivity contribution in [1.29, 1.82) is 0 Å². The number of β-amino-alcohol motifs (C(OH)–C–C–N with tert-alkyl or cyclic N) is 2. The molecular formula is C14H15N3O3. The van der Waals surface area contributed by atoms with E-state index in [0.29, 0.717) is 11.4 Å². The molecule has 0 bridgehead atoms. The Morgan fingerprint density at radius 2 is 1.85 bits per heavy atom. The maximum Gasteiger partial charge on any atom is 0.272 e. The second kappa shape index (κ2) is 5.07. The number of carbonyl (C=O) groups is 1. The number of aromatic nitrogens is 2. The lowest BCUT2D eigenvalue weighted by molar-refractivity contribution is 0.0572. The van der Waals surface area contributed by atoms with E-state index in [1.54, 1.807) is 6.07 Å². The van der Waals surface area contributed by atoms with E-state index in [1.165, 1.54) is 4.90 Å². The summed E-state index contributed by atoms with van der Waals surface area (Å²) in [6.07, 6.45) is -1.76. The Labute approximate surface area is 115 Å². The third-order valence-corrected chi connectivity index (χ3v) is 3.42. The number of aromatic amines is 1. The van der Waals surface area contributed by atoms with Crippen LogP contribution < -0.4 is 0 Å². The average molecular weight is 273 g/mol. The van der Waals surface area contributed by atoms with E-state index in [2.05, 4.69) is 10.2 Å². The van der Waals surface area contributed by atoms with Crippen molar-refractivity contribution in [3.63, 3.8) is 0 Å². The minimum Gasteiger partial charge on any atom is -0.388 e. The Morgan fingerprint density at radius 3 is 2.50 bits per heavy atom. The zero-order chi connectivity index (χ0) is 14.1. The van der Waals surface area contributed by atoms with Crippen molar-refractivity contribution >= 4 is 5.91 Å². The fourth-order valence-corrected chi connectivity index (χ4v) is 2.29. The van der Waals surface area contributed by atoms with Gasteiger partial charge < -0.3 is 15.1 Å². The van der Waals surface area contributed by atoms with Crippen molar-refractivity contribution in [3.8, 4) is 11.3 Å². The molecule has 3 rings (SSSR count). The molecule has 0 radical (unpaired) electrons. The first kappa shape index (κ1) is 12.8. The van der Waals surface area contributed by atoms with E-state index in [9.17, 15) is 15.0 Å². The van der Waals surface area contributed by atoms with E-state index in [4.69, 9.17) is 0 Å². The van der Waals surface area contributed by atoms with Gasteiger partial charge in [-0.3, -0.25) is 9.89 Å². The van der Waals surface area contributed by atoms with Gasteiger partial charge in [0.05, 0.1) is 17.9 Å². The predicted molar refractivity (Wildman–Crippen MR) is 71.9 cm³/mol. The van der Waals surface area contributed by atoms with Crippen LogP contribution in [0.15, 0.2) is 36.4 Å². The normalized spacial score (nSPS) is 22.2. The minimum atomic E-state index is -0.879. The third-order valence-electron chi connectivity index (χ3n) is 3.42. The highest BCUT2D eigenvalue weighted by molar-refractivity contribution is 5.93. The van der Waals surface area contributed by atoms with Gasteiger partial charge in [0, 0.05) is 18.7 Å². The van der Waals surface area contributed by atoms with E-state index in [-0.39, 0.29) is 19.0 Å². The molecule has 2 atom stereocenters. The standard InChI is InChI=1S/C14H15N3O3/c18-12-7-17(8-13(12)19)14(20)11-6-10(15-16-11)9-4-2-1-3-5-9/h1-6,12-13,18-19H,7-8H2,(H,15,16)/t12-,13+. The van der Waals surface area contributed by atoms with Crippen LogP contribution in [-0.2, 0) is 0 Å². The number of nitrogens with zero attached hydrogens (tertiary/aromatic N) is 2. The number of H-pyrrole nitrogens is 1. The molecule has 2 aromatic rings. The van der Waals surface area contributed by atoms with Crippen LogP contribution in [0.4, 0.5) is 0 Å². The van der Waals surface area contributed by atoms with Gasteiger partial charge >= 0.3 is 0 Å². The van der Waals surface area contributed by atoms with Gasteiger partial charge in [0.15, 0.2) is 0 Å². The van der Waals surface area contributed by atoms with Crippen LogP contribution in [0, 0.1) is 0 Å². The second-order valence-corrected chi connectivity index (χ2v) is 4.88. The van der Waals surface area contributed by atoms with Crippen LogP contribution in [0.2, 0.25) is 0 Å². The van der Waals surface area contributed by atoms with Crippen LogP contribution in [0.1, 0.15) is 10.5 Å². The van der Waals surface area contributed by atoms with Gasteiger partial charge in [-0.05, 0) is 6.07 Å². The van der Waals surface area contributed by atoms with Gasteiger partial charge in [-0.1, -0.05) is 30.3 Å². The number of aliphatic hydroxyl groups excluding tert-OH is 2. The summed E-state index contributed by atoms with van der Waals surface area (Å²) in [6, 6.07) is 11.2. The molecule has 3 N–H and O–H groups in total. The molecular weight excluding hydrogens is 258 g/mol. The summed E-state index contributed by atoms with van der Waals surface area (Å²) in [6.45, 7) is 0.277. The van der Waals surface area contributed by atoms with Crippen LogP contribution in [0.25, 0.3) is 11.3 Å². The lowest BCUT2D eigenvalue weighted by Crippen LogP contribution is -2.30. The number of nitrogens with one attached hydrogen (secondary N) is 1. The Bertz CT molecular complexity index is 601. The molecule has 1 aliphatic rings. The molecule has 20 heavy (non-hydrogen) atoms. The van der Waals surface area contributed by atoms with Crippen molar-refractivity contribution in [2.75, 3.05) is 13.1 Å². The Hall–Kier alpha value is -2.18. The van der Waals surface area contributed by atoms with Crippen molar-refractivity contribution in [1.82, 2.24) is 15.1 Å². The predicted octanol–water partition coefficient (Wildman–Crippen LogP) is 0.254. The maximum absolute atomic E-state index is 12.2. The van der Waals surface area contributed by atoms with E-state index in [0.717, 1.165) is 5.56 Å². The highest BCUT2D eigenvalue weighted by Gasteiger charge is 2.33. The lowest BCUT2D eigenvalue weighted by Gasteiger charge is -2.13. The SMILES string of the molecule is O=C(c1cc(-c2ccccc2)n[nH]1)N1C[C@@H](O)[C@@H](O)C1. The molecule has 0 saturated carbocycles. The number of hydrogen-bond acceptors (Lipinski definition) is 4. The zero-order valence-electron chi connectivity index (χ0n) is 10.7. The third kappa shape index (κ3) is 2.31. The summed E-state index contributed by atoms with van der Waals surface area (Å²) in [5.74, 6) is -0.268. The van der Waals surface area contributed by atoms with Crippen LogP contribution >= 0.6 is 0 Å². The quantitative estimate of drug-likeness (QED) is 0.732. The van der Waals surface area contributed by atoms with Crippen molar-refractivity contribution in [2.45, 2.75) is 12.2 Å². The molecule has 0 spiro atoms. The Kier molecular flexibility index (Phi) is 3.25. The van der Waals surface area contributed by atoms with Gasteiger partial charge in [-0.2, -0.15) is 5.10 Å². The zero-order valence-corrected chi connectivity index (χ0v) is 10.7. The van der Waals surface area contributed by atoms with Crippen LogP contribution in [0.3, 0.4) is 0 Å². The molecule has 1 aliphatic heterocycles. The van der Waals surface area contributed by atoms with Crippen LogP contribution in [-0.4, -0.2) is 56.5 Å². The number of benzene rings is 1. The number of rotatable bonds is 2. The largest absolute Gasteiger partial charge is 0.388 e. The lowest BCUT2D eigenvalue weighted by atomic mass is 10.1. The topological polar surface area (TPSA) is 89.5 Å². The number of aliphatic hydroxyl groups is 2. The summed E-state index contributed by atoms with van der Waals surface area (Å²) in [4.78, 5) is 13.6. The van der Waals surface area contributed by atoms with Gasteiger partial charge in [-0.25, -0.2) is 0 Å². The monoisotopic (exact) mass is 273 g/mol. The minimum absolute atomic E-state index is 0.139. The molecule has 6 nitrogen and oxygen atoms in total. The fourth-order valence-electron chi connectivity index (χ4n) is 2.29. The van der Waals surface area contributed by atoms with E-state index >= 15 is 0 Å². The molecule has 1 fully saturated rings. The average Bonchev–Trinajstić information content (AvgIpc) is 3.07. The molecule has 1 aromatic heterocycles. The number of likely N-dealkylation sites (tertiary alicyclic amines) is 1. The summed E-state index contributed by atoms with van der Waals surface area (Å²) in [5.41, 5.74) is 1.96. The molecule has 1 amide bonds. The first-order valence-corrected chi connectivity index (χ1v) is 6.41. The number of carbonyl (C=O) groups excluding carboxylic acids is 1. The van der Waals surface area contributed by atoms with Gasteiger partial charge in [0.2, 0.25) is 0 Å². The van der Waals surface area contributed by atoms with Crippen molar-refractivity contribution in [3.05, 3.63) is 42.1 Å². The van der Waals surface area contributed by atoms with Crippen molar-refractivity contribution < 1.29 is 15.0 Å². The number of hydrogen-bond donors (Lipinski definition) is 3. The first-order chi connectivity index (χ1) is 9.65. The number of amides is 1. The van der Waals surface area contributed by atoms with Gasteiger partial charge in [0.1, 0.15) is 5.69 Å². The fraction of sp³-hybridized carbons (Fsp3) is 0.286. The Balaban J connectivity index is 1.79. The molecule has 6 heteroatoms. The van der Waals surface area contributed by atoms with Gasteiger partial charge in [-0.15, -0.1) is 0 Å². The summed E-state index contributed by atoms with van der Waals surface area (Å²) in [5, 5.41) is 25.8. The smallest absolute Gasteiger partial charge is 0.272 e. The molecule has 0 aliphatic carbocycles. The summed E-state index contributed by atoms with van der Waals surface area (Å²) >= 11 is 0. The van der Waals surface area contributed by atoms with Crippen LogP contribution in [0.5, 0.6) is 0 Å². The maximum atomic E-state index is 12.2. The molecule has 2 heterocycles. The van der Waals surface area contributed by atoms with E-state index < -0.39 is 12.2 Å². The highest BCUT2D eigenvalue weighted by atomic mass is 16.3. The van der Waals surface area contributed by atoms with Crippen molar-refractivity contribution in [2.24, 2.45) is 0 Å². The molecule has 0 unspecified atom stereocenters. The molecule has 1 saturated heterocycles. The highest BCUT2D eigenvalue weighted by Crippen LogP contribution is 2.19. The molecule has 1 aromatic carbocycles.